The van der Waals surface area contributed by atoms with Gasteiger partial charge in [-0.2, -0.15) is 5.10 Å². The lowest BCUT2D eigenvalue weighted by molar-refractivity contribution is 0.103. The molecule has 0 unspecified atom stereocenters. The Labute approximate surface area is 177 Å². The van der Waals surface area contributed by atoms with Crippen molar-refractivity contribution < 1.29 is 9.53 Å². The van der Waals surface area contributed by atoms with E-state index in [9.17, 15) is 4.79 Å². The van der Waals surface area contributed by atoms with Crippen molar-refractivity contribution >= 4 is 11.7 Å². The summed E-state index contributed by atoms with van der Waals surface area (Å²) in [5.74, 6) is 0. The van der Waals surface area contributed by atoms with Gasteiger partial charge in [-0.3, -0.25) is 4.68 Å². The van der Waals surface area contributed by atoms with Crippen LogP contribution in [0.3, 0.4) is 0 Å². The number of carbonyl (C=O) groups is 1. The quantitative estimate of drug-likeness (QED) is 0.688. The zero-order chi connectivity index (χ0) is 21.1. The van der Waals surface area contributed by atoms with E-state index in [1.54, 1.807) is 0 Å². The lowest BCUT2D eigenvalue weighted by Gasteiger charge is -2.28. The zero-order valence-electron chi connectivity index (χ0n) is 17.8. The number of amides is 2. The first-order valence-corrected chi connectivity index (χ1v) is 10.3. The number of fused-ring (bicyclic) bond motifs is 1. The molecule has 0 aliphatic carbocycles. The predicted molar refractivity (Wildman–Crippen MR) is 117 cm³/mol. The van der Waals surface area contributed by atoms with Crippen molar-refractivity contribution in [3.8, 4) is 0 Å². The summed E-state index contributed by atoms with van der Waals surface area (Å²) >= 11 is 0. The molecule has 1 aliphatic heterocycles. The van der Waals surface area contributed by atoms with E-state index in [0.29, 0.717) is 26.3 Å². The van der Waals surface area contributed by atoms with Crippen molar-refractivity contribution in [2.75, 3.05) is 11.9 Å². The highest BCUT2D eigenvalue weighted by Gasteiger charge is 2.26. The summed E-state index contributed by atoms with van der Waals surface area (Å²) in [4.78, 5) is 14.7. The maximum atomic E-state index is 12.9. The fraction of sp³-hybridized carbons (Fsp3) is 0.333. The molecule has 6 nitrogen and oxygen atoms in total. The van der Waals surface area contributed by atoms with Gasteiger partial charge in [0.05, 0.1) is 25.5 Å². The Morgan fingerprint density at radius 2 is 1.83 bits per heavy atom. The number of nitrogens with zero attached hydrogens (tertiary/aromatic N) is 3. The molecule has 0 spiro atoms. The molecule has 0 saturated carbocycles. The lowest BCUT2D eigenvalue weighted by Crippen LogP contribution is -2.39. The smallest absolute Gasteiger partial charge is 0.322 e. The van der Waals surface area contributed by atoms with Crippen LogP contribution in [-0.2, 0) is 38.0 Å². The minimum Gasteiger partial charge on any atom is -0.370 e. The van der Waals surface area contributed by atoms with Crippen molar-refractivity contribution in [3.63, 3.8) is 0 Å². The first kappa shape index (κ1) is 20.2. The molecule has 1 aliphatic rings. The van der Waals surface area contributed by atoms with Crippen molar-refractivity contribution in [1.29, 1.82) is 0 Å². The van der Waals surface area contributed by atoms with Gasteiger partial charge in [0.25, 0.3) is 0 Å². The van der Waals surface area contributed by atoms with Crippen LogP contribution in [0.2, 0.25) is 0 Å². The minimum absolute atomic E-state index is 0.0781. The van der Waals surface area contributed by atoms with Gasteiger partial charge in [-0.15, -0.1) is 0 Å². The molecule has 1 N–H and O–H groups in total. The number of benzene rings is 2. The molecule has 4 rings (SSSR count). The molecule has 0 fully saturated rings. The maximum Gasteiger partial charge on any atom is 0.322 e. The van der Waals surface area contributed by atoms with Gasteiger partial charge in [0, 0.05) is 37.0 Å². The molecule has 0 bridgehead atoms. The molecule has 156 valence electrons. The topological polar surface area (TPSA) is 59.4 Å². The Morgan fingerprint density at radius 1 is 1.10 bits per heavy atom. The average Bonchev–Trinajstić information content (AvgIpc) is 3.03. The Morgan fingerprint density at radius 3 is 2.57 bits per heavy atom. The van der Waals surface area contributed by atoms with Crippen molar-refractivity contribution in [1.82, 2.24) is 14.7 Å². The second-order valence-corrected chi connectivity index (χ2v) is 7.95. The van der Waals surface area contributed by atoms with E-state index in [1.165, 1.54) is 5.69 Å². The Bertz CT molecular complexity index is 1020. The van der Waals surface area contributed by atoms with E-state index < -0.39 is 0 Å². The molecule has 30 heavy (non-hydrogen) atoms. The molecular formula is C24H28N4O2. The van der Waals surface area contributed by atoms with Crippen LogP contribution in [0.4, 0.5) is 10.5 Å². The normalized spacial score (nSPS) is 13.2. The zero-order valence-corrected chi connectivity index (χ0v) is 17.8. The molecule has 2 aromatic carbocycles. The minimum atomic E-state index is -0.0781. The third-order valence-corrected chi connectivity index (χ3v) is 5.44. The van der Waals surface area contributed by atoms with Crippen LogP contribution in [0.25, 0.3) is 0 Å². The molecule has 3 aromatic rings. The van der Waals surface area contributed by atoms with E-state index >= 15 is 0 Å². The van der Waals surface area contributed by atoms with E-state index in [4.69, 9.17) is 4.74 Å². The number of rotatable bonds is 5. The SMILES string of the molecule is Cc1cc(C)cc(NC(=O)N2CCc3c(c(COCc4ccccc4)nn3C)C2)c1. The van der Waals surface area contributed by atoms with Gasteiger partial charge in [0.1, 0.15) is 0 Å². The number of nitrogens with one attached hydrogen (secondary N) is 1. The Kier molecular flexibility index (Phi) is 5.86. The highest BCUT2D eigenvalue weighted by Crippen LogP contribution is 2.24. The summed E-state index contributed by atoms with van der Waals surface area (Å²) < 4.78 is 7.83. The number of aryl methyl sites for hydroxylation is 3. The lowest BCUT2D eigenvalue weighted by atomic mass is 10.1. The van der Waals surface area contributed by atoms with Crippen molar-refractivity contribution in [2.45, 2.75) is 40.0 Å². The fourth-order valence-corrected chi connectivity index (χ4v) is 4.05. The van der Waals surface area contributed by atoms with Crippen LogP contribution in [0.5, 0.6) is 0 Å². The molecule has 0 atom stereocenters. The number of urea groups is 1. The number of hydrogen-bond donors (Lipinski definition) is 1. The van der Waals surface area contributed by atoms with Crippen LogP contribution >= 0.6 is 0 Å². The van der Waals surface area contributed by atoms with Gasteiger partial charge in [-0.1, -0.05) is 36.4 Å². The van der Waals surface area contributed by atoms with Gasteiger partial charge in [-0.05, 0) is 42.7 Å². The Balaban J connectivity index is 1.42. The molecule has 2 heterocycles. The number of aromatic nitrogens is 2. The summed E-state index contributed by atoms with van der Waals surface area (Å²) in [6, 6.07) is 16.1. The van der Waals surface area contributed by atoms with Crippen LogP contribution in [0.1, 0.15) is 33.6 Å². The van der Waals surface area contributed by atoms with Crippen molar-refractivity contribution in [2.24, 2.45) is 7.05 Å². The summed E-state index contributed by atoms with van der Waals surface area (Å²) in [6.07, 6.45) is 0.789. The number of anilines is 1. The van der Waals surface area contributed by atoms with Crippen LogP contribution in [0.15, 0.2) is 48.5 Å². The van der Waals surface area contributed by atoms with Crippen LogP contribution < -0.4 is 5.32 Å². The van der Waals surface area contributed by atoms with Gasteiger partial charge >= 0.3 is 6.03 Å². The van der Waals surface area contributed by atoms with Gasteiger partial charge < -0.3 is 15.0 Å². The highest BCUT2D eigenvalue weighted by atomic mass is 16.5. The largest absolute Gasteiger partial charge is 0.370 e. The fourth-order valence-electron chi connectivity index (χ4n) is 4.05. The first-order chi connectivity index (χ1) is 14.5. The van der Waals surface area contributed by atoms with E-state index in [1.807, 2.05) is 72.9 Å². The summed E-state index contributed by atoms with van der Waals surface area (Å²) in [5, 5.41) is 7.70. The van der Waals surface area contributed by atoms with E-state index in [0.717, 1.165) is 40.1 Å². The number of ether oxygens (including phenoxy) is 1. The monoisotopic (exact) mass is 404 g/mol. The summed E-state index contributed by atoms with van der Waals surface area (Å²) in [6.45, 7) is 6.27. The van der Waals surface area contributed by atoms with Crippen LogP contribution in [-0.4, -0.2) is 27.3 Å². The van der Waals surface area contributed by atoms with E-state index in [2.05, 4.69) is 16.5 Å². The second kappa shape index (κ2) is 8.71. The summed E-state index contributed by atoms with van der Waals surface area (Å²) in [7, 11) is 1.96. The second-order valence-electron chi connectivity index (χ2n) is 7.95. The molecule has 2 amide bonds. The molecule has 1 aromatic heterocycles. The van der Waals surface area contributed by atoms with Gasteiger partial charge in [0.2, 0.25) is 0 Å². The van der Waals surface area contributed by atoms with Gasteiger partial charge in [0.15, 0.2) is 0 Å². The van der Waals surface area contributed by atoms with E-state index in [-0.39, 0.29) is 6.03 Å². The standard InChI is InChI=1S/C24H28N4O2/c1-17-11-18(2)13-20(12-17)25-24(29)28-10-9-23-21(14-28)22(26-27(23)3)16-30-15-19-7-5-4-6-8-19/h4-8,11-13H,9-10,14-16H2,1-3H3,(H,25,29). The third kappa shape index (κ3) is 4.54. The molecule has 0 saturated heterocycles. The van der Waals surface area contributed by atoms with Crippen molar-refractivity contribution in [3.05, 3.63) is 82.2 Å². The predicted octanol–water partition coefficient (Wildman–Crippen LogP) is 4.34. The van der Waals surface area contributed by atoms with Gasteiger partial charge in [-0.25, -0.2) is 4.79 Å². The summed E-state index contributed by atoms with van der Waals surface area (Å²) in [5.41, 5.74) is 7.44. The maximum absolute atomic E-state index is 12.9. The number of carbonyl (C=O) groups excluding carboxylic acids is 1. The molecular weight excluding hydrogens is 376 g/mol. The third-order valence-electron chi connectivity index (χ3n) is 5.44. The Hall–Kier alpha value is -3.12. The highest BCUT2D eigenvalue weighted by molar-refractivity contribution is 5.89. The molecule has 6 heteroatoms. The average molecular weight is 405 g/mol. The van der Waals surface area contributed by atoms with Crippen LogP contribution in [0, 0.1) is 13.8 Å². The molecule has 0 radical (unpaired) electrons. The number of hydrogen-bond acceptors (Lipinski definition) is 3. The first-order valence-electron chi connectivity index (χ1n) is 10.3.